The molecule has 0 atom stereocenters. The van der Waals surface area contributed by atoms with Gasteiger partial charge in [0, 0.05) is 71.0 Å². The largest absolute Gasteiger partial charge is 0.456 e. The lowest BCUT2D eigenvalue weighted by molar-refractivity contribution is 0.668. The fourth-order valence-corrected chi connectivity index (χ4v) is 11.9. The first-order chi connectivity index (χ1) is 37.7. The van der Waals surface area contributed by atoms with Crippen LogP contribution < -0.4 is 0 Å². The molecule has 0 fully saturated rings. The van der Waals surface area contributed by atoms with Crippen molar-refractivity contribution in [2.45, 2.75) is 0 Å². The summed E-state index contributed by atoms with van der Waals surface area (Å²) >= 11 is 0. The molecule has 0 unspecified atom stereocenters. The van der Waals surface area contributed by atoms with Crippen LogP contribution in [0.3, 0.4) is 0 Å². The van der Waals surface area contributed by atoms with Crippen molar-refractivity contribution in [3.63, 3.8) is 0 Å². The molecule has 0 saturated heterocycles. The molecule has 7 nitrogen and oxygen atoms in total. The highest BCUT2D eigenvalue weighted by Gasteiger charge is 2.25. The van der Waals surface area contributed by atoms with Crippen molar-refractivity contribution < 1.29 is 8.83 Å². The molecule has 0 saturated carbocycles. The molecule has 16 rings (SSSR count). The van der Waals surface area contributed by atoms with Gasteiger partial charge in [-0.25, -0.2) is 15.0 Å². The molecule has 0 radical (unpaired) electrons. The molecule has 354 valence electrons. The van der Waals surface area contributed by atoms with Gasteiger partial charge in [0.2, 0.25) is 0 Å². The Morgan fingerprint density at radius 1 is 0.276 bits per heavy atom. The third-order valence-corrected chi connectivity index (χ3v) is 15.2. The quantitative estimate of drug-likeness (QED) is 0.159. The molecule has 16 aromatic rings. The highest BCUT2D eigenvalue weighted by Crippen LogP contribution is 2.45. The van der Waals surface area contributed by atoms with Crippen molar-refractivity contribution in [1.82, 2.24) is 24.1 Å². The topological polar surface area (TPSA) is 74.8 Å². The van der Waals surface area contributed by atoms with E-state index in [1.165, 1.54) is 10.8 Å². The summed E-state index contributed by atoms with van der Waals surface area (Å²) in [4.78, 5) is 16.7. The van der Waals surface area contributed by atoms with Gasteiger partial charge in [-0.1, -0.05) is 170 Å². The Bertz CT molecular complexity index is 5000. The minimum Gasteiger partial charge on any atom is -0.456 e. The highest BCUT2D eigenvalue weighted by atomic mass is 16.3. The average molecular weight is 972 g/mol. The predicted octanol–water partition coefficient (Wildman–Crippen LogP) is 18.2. The molecule has 5 heterocycles. The van der Waals surface area contributed by atoms with Crippen LogP contribution in [-0.2, 0) is 0 Å². The van der Waals surface area contributed by atoms with E-state index in [0.717, 1.165) is 127 Å². The lowest BCUT2D eigenvalue weighted by Crippen LogP contribution is -2.04. The van der Waals surface area contributed by atoms with Crippen molar-refractivity contribution >= 4 is 87.5 Å². The van der Waals surface area contributed by atoms with Gasteiger partial charge in [-0.15, -0.1) is 0 Å². The van der Waals surface area contributed by atoms with E-state index >= 15 is 0 Å². The third-order valence-electron chi connectivity index (χ3n) is 15.2. The van der Waals surface area contributed by atoms with Crippen LogP contribution in [0.2, 0.25) is 0 Å². The van der Waals surface area contributed by atoms with Gasteiger partial charge in [0.05, 0.1) is 27.8 Å². The van der Waals surface area contributed by atoms with E-state index in [1.54, 1.807) is 0 Å². The molecule has 5 aromatic heterocycles. The molecular weight excluding hydrogens is 931 g/mol. The van der Waals surface area contributed by atoms with Gasteiger partial charge in [0.25, 0.3) is 0 Å². The van der Waals surface area contributed by atoms with E-state index in [4.69, 9.17) is 23.8 Å². The molecule has 7 heteroatoms. The van der Waals surface area contributed by atoms with Crippen LogP contribution in [0, 0.1) is 0 Å². The SMILES string of the molecule is c1ccc(-c2c(-c3ccc4oc5ccccc5c4c3)cccc2-c2nc(-c3ccc4oc5ccccc5c4c3)nc(-c3cccc4c5ccccc5n(-c5cccc6c7ccccc7n(-c7ccccc7)c56)c34)n2)cc1. The highest BCUT2D eigenvalue weighted by molar-refractivity contribution is 6.17. The van der Waals surface area contributed by atoms with Gasteiger partial charge < -0.3 is 18.0 Å². The monoisotopic (exact) mass is 971 g/mol. The number of rotatable bonds is 7. The van der Waals surface area contributed by atoms with Crippen molar-refractivity contribution in [3.8, 4) is 67.8 Å². The number of aromatic nitrogens is 5. The summed E-state index contributed by atoms with van der Waals surface area (Å²) < 4.78 is 17.5. The zero-order chi connectivity index (χ0) is 49.8. The van der Waals surface area contributed by atoms with Crippen LogP contribution in [0.5, 0.6) is 0 Å². The zero-order valence-corrected chi connectivity index (χ0v) is 40.7. The molecule has 0 aliphatic heterocycles. The summed E-state index contributed by atoms with van der Waals surface area (Å²) in [6, 6.07) is 87.5. The summed E-state index contributed by atoms with van der Waals surface area (Å²) in [5, 5.41) is 8.75. The normalized spacial score (nSPS) is 11.9. The van der Waals surface area contributed by atoms with Crippen molar-refractivity contribution in [1.29, 1.82) is 0 Å². The maximum absolute atomic E-state index is 6.35. The average Bonchev–Trinajstić information content (AvgIpc) is 4.25. The molecule has 0 aliphatic rings. The summed E-state index contributed by atoms with van der Waals surface area (Å²) in [7, 11) is 0. The fraction of sp³-hybridized carbons (Fsp3) is 0. The van der Waals surface area contributed by atoms with Crippen LogP contribution >= 0.6 is 0 Å². The van der Waals surface area contributed by atoms with Gasteiger partial charge in [0.15, 0.2) is 17.5 Å². The number of hydrogen-bond acceptors (Lipinski definition) is 5. The number of hydrogen-bond donors (Lipinski definition) is 0. The summed E-state index contributed by atoms with van der Waals surface area (Å²) in [6.45, 7) is 0. The Labute approximate surface area is 434 Å². The van der Waals surface area contributed by atoms with Gasteiger partial charge in [-0.3, -0.25) is 0 Å². The summed E-state index contributed by atoms with van der Waals surface area (Å²) in [6.07, 6.45) is 0. The Hall–Kier alpha value is -10.4. The maximum Gasteiger partial charge on any atom is 0.166 e. The Kier molecular flexibility index (Phi) is 9.20. The van der Waals surface area contributed by atoms with E-state index in [2.05, 4.69) is 221 Å². The molecule has 0 amide bonds. The molecule has 11 aromatic carbocycles. The van der Waals surface area contributed by atoms with Gasteiger partial charge in [-0.2, -0.15) is 0 Å². The van der Waals surface area contributed by atoms with E-state index in [-0.39, 0.29) is 0 Å². The first-order valence-electron chi connectivity index (χ1n) is 25.6. The van der Waals surface area contributed by atoms with Crippen molar-refractivity contribution in [3.05, 3.63) is 249 Å². The van der Waals surface area contributed by atoms with E-state index in [1.807, 2.05) is 36.4 Å². The molecule has 76 heavy (non-hydrogen) atoms. The van der Waals surface area contributed by atoms with Crippen molar-refractivity contribution in [2.24, 2.45) is 0 Å². The van der Waals surface area contributed by atoms with Crippen LogP contribution in [0.4, 0.5) is 0 Å². The van der Waals surface area contributed by atoms with Gasteiger partial charge in [0.1, 0.15) is 22.3 Å². The van der Waals surface area contributed by atoms with Crippen LogP contribution in [-0.4, -0.2) is 24.1 Å². The molecule has 0 bridgehead atoms. The molecule has 0 N–H and O–H groups in total. The van der Waals surface area contributed by atoms with E-state index < -0.39 is 0 Å². The lowest BCUT2D eigenvalue weighted by Gasteiger charge is -2.17. The van der Waals surface area contributed by atoms with Crippen molar-refractivity contribution in [2.75, 3.05) is 0 Å². The lowest BCUT2D eigenvalue weighted by atomic mass is 9.89. The second-order valence-corrected chi connectivity index (χ2v) is 19.4. The molecule has 0 spiro atoms. The zero-order valence-electron chi connectivity index (χ0n) is 40.7. The maximum atomic E-state index is 6.35. The Morgan fingerprint density at radius 2 is 0.750 bits per heavy atom. The summed E-state index contributed by atoms with van der Waals surface area (Å²) in [5.41, 5.74) is 16.6. The van der Waals surface area contributed by atoms with Gasteiger partial charge in [-0.05, 0) is 95.6 Å². The van der Waals surface area contributed by atoms with Crippen LogP contribution in [0.25, 0.3) is 155 Å². The molecule has 0 aliphatic carbocycles. The standard InChI is InChI=1S/C69H41N5O2/c1-3-18-42(19-4-1)64-46(43-36-38-62-55(40-43)49-24-9-13-34-60(49)75-62)26-15-29-53(64)68-70-67(44-37-39-63-56(41-44)50-25-10-14-35-61(50)76-63)71-69(72-68)54-30-16-27-51-47-22-8-12-32-58(47)74(65(51)54)59-33-17-28-52-48-23-7-11-31-57(48)73(66(52)59)45-20-5-2-6-21-45/h1-41H. The Balaban J connectivity index is 0.996. The summed E-state index contributed by atoms with van der Waals surface area (Å²) in [5.74, 6) is 1.66. The first-order valence-corrected chi connectivity index (χ1v) is 25.6. The Morgan fingerprint density at radius 3 is 1.45 bits per heavy atom. The number of benzene rings is 11. The number of fused-ring (bicyclic) bond motifs is 12. The third kappa shape index (κ3) is 6.39. The first kappa shape index (κ1) is 42.2. The fourth-order valence-electron chi connectivity index (χ4n) is 11.9. The van der Waals surface area contributed by atoms with E-state index in [0.29, 0.717) is 17.5 Å². The number of para-hydroxylation sites is 7. The minimum absolute atomic E-state index is 0.550. The second-order valence-electron chi connectivity index (χ2n) is 19.4. The van der Waals surface area contributed by atoms with Crippen LogP contribution in [0.1, 0.15) is 0 Å². The smallest absolute Gasteiger partial charge is 0.166 e. The minimum atomic E-state index is 0.550. The number of furan rings is 2. The van der Waals surface area contributed by atoms with E-state index in [9.17, 15) is 0 Å². The molecular formula is C69H41N5O2. The number of nitrogens with zero attached hydrogens (tertiary/aromatic N) is 5. The van der Waals surface area contributed by atoms with Crippen LogP contribution in [0.15, 0.2) is 258 Å². The van der Waals surface area contributed by atoms with Gasteiger partial charge >= 0.3 is 0 Å². The second kappa shape index (κ2) is 16.6. The predicted molar refractivity (Wildman–Crippen MR) is 310 cm³/mol.